The summed E-state index contributed by atoms with van der Waals surface area (Å²) in [6.45, 7) is 6.23. The number of nitrogens with one attached hydrogen (secondary N) is 1. The number of hydrogen-bond donors (Lipinski definition) is 1. The second-order valence-electron chi connectivity index (χ2n) is 8.17. The highest BCUT2D eigenvalue weighted by atomic mass is 32.2. The first-order valence-corrected chi connectivity index (χ1v) is 10.8. The topological polar surface area (TPSA) is 75.7 Å². The third-order valence-corrected chi connectivity index (χ3v) is 5.58. The zero-order chi connectivity index (χ0) is 21.2. The molecular weight excluding hydrogens is 395 g/mol. The van der Waals surface area contributed by atoms with Gasteiger partial charge in [0.15, 0.2) is 0 Å². The van der Waals surface area contributed by atoms with Crippen molar-refractivity contribution in [2.24, 2.45) is 0 Å². The molecule has 0 radical (unpaired) electrons. The molecule has 1 aliphatic carbocycles. The maximum absolute atomic E-state index is 13.0. The Balaban J connectivity index is 1.67. The van der Waals surface area contributed by atoms with E-state index in [1.54, 1.807) is 29.2 Å². The Bertz CT molecular complexity index is 963. The minimum absolute atomic E-state index is 0.112. The lowest BCUT2D eigenvalue weighted by Crippen LogP contribution is -2.49. The van der Waals surface area contributed by atoms with E-state index in [2.05, 4.69) is 5.32 Å². The van der Waals surface area contributed by atoms with Gasteiger partial charge in [-0.15, -0.1) is 0 Å². The van der Waals surface area contributed by atoms with E-state index >= 15 is 0 Å². The summed E-state index contributed by atoms with van der Waals surface area (Å²) in [5.74, 6) is -0.376. The van der Waals surface area contributed by atoms with Crippen LogP contribution in [0.1, 0.15) is 39.2 Å². The largest absolute Gasteiger partial charge is 0.379 e. The second-order valence-corrected chi connectivity index (χ2v) is 9.72. The molecule has 0 unspecified atom stereocenters. The number of rotatable bonds is 6. The van der Waals surface area contributed by atoms with Crippen LogP contribution in [0, 0.1) is 5.82 Å². The van der Waals surface area contributed by atoms with E-state index in [0.29, 0.717) is 6.54 Å². The SMILES string of the molecule is CC(C)(C)NC(=O)N(Cc1ccc(OS(=O)(=O)c2ccc(F)cc2)cc1)C1CC1. The van der Waals surface area contributed by atoms with Gasteiger partial charge in [0.05, 0.1) is 0 Å². The maximum Gasteiger partial charge on any atom is 0.339 e. The number of halogens is 1. The van der Waals surface area contributed by atoms with Crippen molar-refractivity contribution >= 4 is 16.1 Å². The predicted octanol–water partition coefficient (Wildman–Crippen LogP) is 4.07. The summed E-state index contributed by atoms with van der Waals surface area (Å²) < 4.78 is 42.7. The van der Waals surface area contributed by atoms with Crippen LogP contribution >= 0.6 is 0 Å². The smallest absolute Gasteiger partial charge is 0.339 e. The summed E-state index contributed by atoms with van der Waals surface area (Å²) in [5.41, 5.74) is 0.545. The molecule has 29 heavy (non-hydrogen) atoms. The molecule has 156 valence electrons. The third kappa shape index (κ3) is 5.93. The summed E-state index contributed by atoms with van der Waals surface area (Å²) in [5, 5.41) is 2.98. The fraction of sp³-hybridized carbons (Fsp3) is 0.381. The van der Waals surface area contributed by atoms with E-state index < -0.39 is 15.9 Å². The first-order valence-electron chi connectivity index (χ1n) is 9.41. The van der Waals surface area contributed by atoms with Gasteiger partial charge in [0.2, 0.25) is 0 Å². The van der Waals surface area contributed by atoms with Gasteiger partial charge < -0.3 is 14.4 Å². The predicted molar refractivity (Wildman–Crippen MR) is 108 cm³/mol. The lowest BCUT2D eigenvalue weighted by atomic mass is 10.1. The van der Waals surface area contributed by atoms with Crippen LogP contribution in [0.2, 0.25) is 0 Å². The number of carbonyl (C=O) groups excluding carboxylic acids is 1. The zero-order valence-corrected chi connectivity index (χ0v) is 17.5. The molecule has 6 nitrogen and oxygen atoms in total. The fourth-order valence-corrected chi connectivity index (χ4v) is 3.70. The van der Waals surface area contributed by atoms with Crippen LogP contribution in [0.4, 0.5) is 9.18 Å². The highest BCUT2D eigenvalue weighted by molar-refractivity contribution is 7.87. The number of amides is 2. The zero-order valence-electron chi connectivity index (χ0n) is 16.7. The van der Waals surface area contributed by atoms with E-state index in [4.69, 9.17) is 4.18 Å². The highest BCUT2D eigenvalue weighted by Gasteiger charge is 2.33. The maximum atomic E-state index is 13.0. The van der Waals surface area contributed by atoms with Crippen LogP contribution in [0.3, 0.4) is 0 Å². The van der Waals surface area contributed by atoms with Gasteiger partial charge >= 0.3 is 16.1 Å². The van der Waals surface area contributed by atoms with Gasteiger partial charge in [-0.3, -0.25) is 0 Å². The molecule has 2 aromatic rings. The minimum atomic E-state index is -4.04. The molecule has 0 aromatic heterocycles. The Morgan fingerprint density at radius 1 is 1.10 bits per heavy atom. The Kier molecular flexibility index (Phi) is 5.84. The van der Waals surface area contributed by atoms with Crippen LogP contribution < -0.4 is 9.50 Å². The van der Waals surface area contributed by atoms with E-state index in [1.165, 1.54) is 0 Å². The number of hydrogen-bond acceptors (Lipinski definition) is 4. The molecule has 1 fully saturated rings. The van der Waals surface area contributed by atoms with Gasteiger partial charge in [-0.25, -0.2) is 9.18 Å². The number of benzene rings is 2. The van der Waals surface area contributed by atoms with Crippen LogP contribution in [-0.4, -0.2) is 30.9 Å². The van der Waals surface area contributed by atoms with Crippen molar-refractivity contribution in [2.45, 2.75) is 56.6 Å². The van der Waals surface area contributed by atoms with Crippen molar-refractivity contribution < 1.29 is 21.8 Å². The monoisotopic (exact) mass is 420 g/mol. The number of carbonyl (C=O) groups is 1. The second kappa shape index (κ2) is 8.02. The molecule has 2 amide bonds. The fourth-order valence-electron chi connectivity index (χ4n) is 2.77. The molecule has 8 heteroatoms. The highest BCUT2D eigenvalue weighted by Crippen LogP contribution is 2.29. The summed E-state index contributed by atoms with van der Waals surface area (Å²) >= 11 is 0. The van der Waals surface area contributed by atoms with Gasteiger partial charge in [-0.2, -0.15) is 8.42 Å². The molecule has 0 aliphatic heterocycles. The minimum Gasteiger partial charge on any atom is -0.379 e. The third-order valence-electron chi connectivity index (χ3n) is 4.31. The van der Waals surface area contributed by atoms with Gasteiger partial charge in [0, 0.05) is 18.1 Å². The molecule has 1 N–H and O–H groups in total. The Morgan fingerprint density at radius 2 is 1.69 bits per heavy atom. The molecule has 0 atom stereocenters. The molecule has 0 bridgehead atoms. The van der Waals surface area contributed by atoms with Crippen LogP contribution in [-0.2, 0) is 16.7 Å². The van der Waals surface area contributed by atoms with Crippen molar-refractivity contribution in [1.82, 2.24) is 10.2 Å². The van der Waals surface area contributed by atoms with Crippen LogP contribution in [0.15, 0.2) is 53.4 Å². The average Bonchev–Trinajstić information content (AvgIpc) is 3.44. The van der Waals surface area contributed by atoms with E-state index in [1.807, 2.05) is 20.8 Å². The van der Waals surface area contributed by atoms with Crippen molar-refractivity contribution in [3.05, 3.63) is 59.9 Å². The van der Waals surface area contributed by atoms with Gasteiger partial charge in [-0.1, -0.05) is 12.1 Å². The lowest BCUT2D eigenvalue weighted by Gasteiger charge is -2.28. The quantitative estimate of drug-likeness (QED) is 0.715. The molecule has 0 saturated heterocycles. The lowest BCUT2D eigenvalue weighted by molar-refractivity contribution is 0.183. The van der Waals surface area contributed by atoms with Gasteiger partial charge in [-0.05, 0) is 75.6 Å². The molecule has 1 saturated carbocycles. The van der Waals surface area contributed by atoms with Crippen LogP contribution in [0.5, 0.6) is 5.75 Å². The van der Waals surface area contributed by atoms with Crippen molar-refractivity contribution in [3.63, 3.8) is 0 Å². The molecule has 1 aliphatic rings. The van der Waals surface area contributed by atoms with E-state index in [-0.39, 0.29) is 28.3 Å². The standard InChI is InChI=1S/C21H25FN2O4S/c1-21(2,3)23-20(25)24(17-8-9-17)14-15-4-10-18(11-5-15)28-29(26,27)19-12-6-16(22)7-13-19/h4-7,10-13,17H,8-9,14H2,1-3H3,(H,23,25). The summed E-state index contributed by atoms with van der Waals surface area (Å²) in [6, 6.07) is 11.1. The summed E-state index contributed by atoms with van der Waals surface area (Å²) in [4.78, 5) is 14.2. The first-order chi connectivity index (χ1) is 13.5. The van der Waals surface area contributed by atoms with Gasteiger partial charge in [0.25, 0.3) is 0 Å². The van der Waals surface area contributed by atoms with Crippen molar-refractivity contribution in [1.29, 1.82) is 0 Å². The summed E-state index contributed by atoms with van der Waals surface area (Å²) in [7, 11) is -4.04. The average molecular weight is 421 g/mol. The Labute approximate surface area is 170 Å². The summed E-state index contributed by atoms with van der Waals surface area (Å²) in [6.07, 6.45) is 1.96. The molecule has 2 aromatic carbocycles. The Hall–Kier alpha value is -2.61. The molecule has 0 heterocycles. The van der Waals surface area contributed by atoms with E-state index in [0.717, 1.165) is 42.7 Å². The molecule has 3 rings (SSSR count). The first kappa shape index (κ1) is 21.1. The number of urea groups is 1. The van der Waals surface area contributed by atoms with E-state index in [9.17, 15) is 17.6 Å². The van der Waals surface area contributed by atoms with Crippen molar-refractivity contribution in [3.8, 4) is 5.75 Å². The normalized spacial score (nSPS) is 14.3. The van der Waals surface area contributed by atoms with Crippen LogP contribution in [0.25, 0.3) is 0 Å². The Morgan fingerprint density at radius 3 is 2.21 bits per heavy atom. The van der Waals surface area contributed by atoms with Gasteiger partial charge in [0.1, 0.15) is 16.5 Å². The van der Waals surface area contributed by atoms with Crippen molar-refractivity contribution in [2.75, 3.05) is 0 Å². The molecular formula is C21H25FN2O4S. The molecule has 0 spiro atoms. The number of nitrogens with zero attached hydrogens (tertiary/aromatic N) is 1.